The van der Waals surface area contributed by atoms with Gasteiger partial charge in [-0.3, -0.25) is 14.4 Å². The molecule has 0 bridgehead atoms. The van der Waals surface area contributed by atoms with Crippen molar-refractivity contribution in [3.05, 3.63) is 45.0 Å². The van der Waals surface area contributed by atoms with Gasteiger partial charge in [-0.1, -0.05) is 31.5 Å². The third-order valence-corrected chi connectivity index (χ3v) is 8.81. The van der Waals surface area contributed by atoms with E-state index in [0.29, 0.717) is 32.8 Å². The largest absolute Gasteiger partial charge is 0.465 e. The third-order valence-electron chi connectivity index (χ3n) is 6.08. The Morgan fingerprint density at radius 1 is 0.711 bits per heavy atom. The molecule has 0 unspecified atom stereocenters. The number of ether oxygens (including phenoxy) is 5. The van der Waals surface area contributed by atoms with Crippen molar-refractivity contribution in [2.24, 2.45) is 16.2 Å². The van der Waals surface area contributed by atoms with E-state index in [0.717, 1.165) is 6.04 Å². The van der Waals surface area contributed by atoms with Gasteiger partial charge in [0.1, 0.15) is 17.2 Å². The van der Waals surface area contributed by atoms with Crippen LogP contribution in [0.2, 0.25) is 25.7 Å². The molecule has 0 atom stereocenters. The molecule has 10 heteroatoms. The third kappa shape index (κ3) is 12.4. The van der Waals surface area contributed by atoms with Gasteiger partial charge in [0.05, 0.1) is 30.9 Å². The molecule has 2 aromatic rings. The molecule has 0 aliphatic rings. The van der Waals surface area contributed by atoms with Crippen LogP contribution in [0, 0.1) is 31.7 Å². The number of halogens is 1. The van der Waals surface area contributed by atoms with Crippen LogP contribution in [0.15, 0.2) is 30.3 Å². The average Bonchev–Trinajstić information content (AvgIpc) is 2.88. The van der Waals surface area contributed by atoms with E-state index >= 15 is 0 Å². The molecule has 0 N–H and O–H groups in total. The predicted octanol–water partition coefficient (Wildman–Crippen LogP) is 8.24. The zero-order valence-corrected chi connectivity index (χ0v) is 31.8. The van der Waals surface area contributed by atoms with Crippen LogP contribution >= 0.6 is 22.6 Å². The number of hydrogen-bond donors (Lipinski definition) is 0. The minimum atomic E-state index is -1.28. The van der Waals surface area contributed by atoms with Crippen molar-refractivity contribution in [2.45, 2.75) is 88.0 Å². The highest BCUT2D eigenvalue weighted by atomic mass is 127. The lowest BCUT2D eigenvalue weighted by Gasteiger charge is -2.19. The van der Waals surface area contributed by atoms with Crippen molar-refractivity contribution in [3.8, 4) is 34.8 Å². The first-order chi connectivity index (χ1) is 20.5. The standard InChI is InChI=1S/C35H47IO8Si/c1-33(2,3)30(37)42-25-17-15-23(27(21-25)44-32(39)35(7,8)9)13-14-24-16-18-26(43-31(38)34(4,5)6)28(36)29(24)41-22-40-19-20-45(10,11)12/h15-18,21H,19-20,22H2,1-12H3. The maximum Gasteiger partial charge on any atom is 0.316 e. The van der Waals surface area contributed by atoms with Crippen molar-refractivity contribution in [1.82, 2.24) is 0 Å². The van der Waals surface area contributed by atoms with E-state index in [1.165, 1.54) is 6.07 Å². The van der Waals surface area contributed by atoms with Crippen LogP contribution in [0.25, 0.3) is 0 Å². The van der Waals surface area contributed by atoms with Gasteiger partial charge in [-0.15, -0.1) is 0 Å². The topological polar surface area (TPSA) is 97.4 Å². The molecule has 0 aliphatic carbocycles. The minimum absolute atomic E-state index is 0.00583. The van der Waals surface area contributed by atoms with E-state index in [1.54, 1.807) is 86.6 Å². The summed E-state index contributed by atoms with van der Waals surface area (Å²) >= 11 is 2.07. The van der Waals surface area contributed by atoms with E-state index in [2.05, 4.69) is 54.1 Å². The molecule has 8 nitrogen and oxygen atoms in total. The Balaban J connectivity index is 2.54. The zero-order valence-electron chi connectivity index (χ0n) is 28.7. The Hall–Kier alpha value is -2.88. The fraction of sp³-hybridized carbons (Fsp3) is 0.514. The van der Waals surface area contributed by atoms with Crippen LogP contribution in [-0.4, -0.2) is 39.4 Å². The fourth-order valence-electron chi connectivity index (χ4n) is 3.05. The summed E-state index contributed by atoms with van der Waals surface area (Å²) in [6, 6.07) is 9.08. The van der Waals surface area contributed by atoms with Gasteiger partial charge in [0, 0.05) is 20.7 Å². The van der Waals surface area contributed by atoms with Crippen LogP contribution in [0.5, 0.6) is 23.0 Å². The number of esters is 3. The smallest absolute Gasteiger partial charge is 0.316 e. The highest BCUT2D eigenvalue weighted by Crippen LogP contribution is 2.35. The highest BCUT2D eigenvalue weighted by molar-refractivity contribution is 14.1. The number of benzene rings is 2. The first-order valence-electron chi connectivity index (χ1n) is 14.8. The van der Waals surface area contributed by atoms with Gasteiger partial charge in [0.25, 0.3) is 0 Å². The lowest BCUT2D eigenvalue weighted by Crippen LogP contribution is -2.26. The molecule has 0 aliphatic heterocycles. The van der Waals surface area contributed by atoms with E-state index in [4.69, 9.17) is 23.7 Å². The molecule has 0 spiro atoms. The summed E-state index contributed by atoms with van der Waals surface area (Å²) in [4.78, 5) is 38.0. The van der Waals surface area contributed by atoms with Crippen molar-refractivity contribution >= 4 is 48.6 Å². The molecule has 2 aromatic carbocycles. The summed E-state index contributed by atoms with van der Waals surface area (Å²) in [6.07, 6.45) is 0. The van der Waals surface area contributed by atoms with E-state index in [1.807, 2.05) is 0 Å². The Labute approximate surface area is 283 Å². The van der Waals surface area contributed by atoms with Crippen molar-refractivity contribution in [1.29, 1.82) is 0 Å². The number of carbonyl (C=O) groups is 3. The SMILES string of the molecule is CC(C)(C)C(=O)Oc1ccc(C#Cc2ccc(OC(=O)C(C)(C)C)c(I)c2OCOCC[Si](C)(C)C)c(OC(=O)C(C)(C)C)c1. The number of hydrogen-bond acceptors (Lipinski definition) is 8. The summed E-state index contributed by atoms with van der Waals surface area (Å²) in [5, 5.41) is 0. The first-order valence-corrected chi connectivity index (χ1v) is 19.6. The van der Waals surface area contributed by atoms with Gasteiger partial charge in [0.15, 0.2) is 12.5 Å². The van der Waals surface area contributed by atoms with Crippen LogP contribution in [0.3, 0.4) is 0 Å². The van der Waals surface area contributed by atoms with E-state index in [9.17, 15) is 14.4 Å². The second-order valence-corrected chi connectivity index (χ2v) is 21.8. The van der Waals surface area contributed by atoms with Gasteiger partial charge >= 0.3 is 17.9 Å². The molecular weight excluding hydrogens is 703 g/mol. The molecule has 0 aromatic heterocycles. The average molecular weight is 751 g/mol. The quantitative estimate of drug-likeness (QED) is 0.0481. The van der Waals surface area contributed by atoms with Crippen molar-refractivity contribution in [3.63, 3.8) is 0 Å². The maximum absolute atomic E-state index is 12.8. The normalized spacial score (nSPS) is 12.1. The Bertz CT molecular complexity index is 1460. The second-order valence-electron chi connectivity index (χ2n) is 15.1. The number of carbonyl (C=O) groups excluding carboxylic acids is 3. The van der Waals surface area contributed by atoms with Gasteiger partial charge in [0.2, 0.25) is 0 Å². The van der Waals surface area contributed by atoms with Gasteiger partial charge < -0.3 is 23.7 Å². The molecule has 0 radical (unpaired) electrons. The van der Waals surface area contributed by atoms with Crippen LogP contribution in [0.1, 0.15) is 73.4 Å². The first kappa shape index (κ1) is 38.3. The molecule has 0 amide bonds. The summed E-state index contributed by atoms with van der Waals surface area (Å²) in [5.74, 6) is 6.06. The molecule has 0 saturated carbocycles. The van der Waals surface area contributed by atoms with Crippen LogP contribution in [-0.2, 0) is 19.1 Å². The lowest BCUT2D eigenvalue weighted by molar-refractivity contribution is -0.144. The molecule has 0 fully saturated rings. The zero-order chi connectivity index (χ0) is 34.4. The minimum Gasteiger partial charge on any atom is -0.465 e. The Morgan fingerprint density at radius 3 is 1.73 bits per heavy atom. The van der Waals surface area contributed by atoms with Crippen LogP contribution < -0.4 is 18.9 Å². The number of rotatable bonds is 9. The Kier molecular flexibility index (Phi) is 12.9. The van der Waals surface area contributed by atoms with E-state index < -0.39 is 36.3 Å². The highest BCUT2D eigenvalue weighted by Gasteiger charge is 2.28. The lowest BCUT2D eigenvalue weighted by atomic mass is 9.97. The van der Waals surface area contributed by atoms with Crippen molar-refractivity contribution in [2.75, 3.05) is 13.4 Å². The molecular formula is C35H47IO8Si. The fourth-order valence-corrected chi connectivity index (χ4v) is 4.54. The molecule has 0 saturated heterocycles. The molecule has 2 rings (SSSR count). The summed E-state index contributed by atoms with van der Waals surface area (Å²) < 4.78 is 29.4. The summed E-state index contributed by atoms with van der Waals surface area (Å²) in [7, 11) is -1.28. The summed E-state index contributed by atoms with van der Waals surface area (Å²) in [5.41, 5.74) is -1.29. The van der Waals surface area contributed by atoms with E-state index in [-0.39, 0.29) is 24.3 Å². The van der Waals surface area contributed by atoms with Gasteiger partial charge in [-0.05, 0) is 115 Å². The molecule has 45 heavy (non-hydrogen) atoms. The summed E-state index contributed by atoms with van der Waals surface area (Å²) in [6.45, 7) is 23.2. The van der Waals surface area contributed by atoms with Crippen molar-refractivity contribution < 1.29 is 38.1 Å². The van der Waals surface area contributed by atoms with Crippen LogP contribution in [0.4, 0.5) is 0 Å². The predicted molar refractivity (Wildman–Crippen MR) is 186 cm³/mol. The van der Waals surface area contributed by atoms with Gasteiger partial charge in [-0.2, -0.15) is 0 Å². The Morgan fingerprint density at radius 2 is 1.20 bits per heavy atom. The molecule has 0 heterocycles. The molecule has 246 valence electrons. The monoisotopic (exact) mass is 750 g/mol. The second kappa shape index (κ2) is 15.1. The maximum atomic E-state index is 12.8. The van der Waals surface area contributed by atoms with Gasteiger partial charge in [-0.25, -0.2) is 0 Å².